The first-order valence-electron chi connectivity index (χ1n) is 6.24. The van der Waals surface area contributed by atoms with Crippen LogP contribution in [-0.4, -0.2) is 11.7 Å². The molecule has 16 heavy (non-hydrogen) atoms. The number of rotatable bonds is 3. The van der Waals surface area contributed by atoms with Crippen LogP contribution in [0.25, 0.3) is 0 Å². The van der Waals surface area contributed by atoms with E-state index in [2.05, 4.69) is 24.3 Å². The minimum Gasteiger partial charge on any atom is -0.396 e. The largest absolute Gasteiger partial charge is 0.396 e. The highest BCUT2D eigenvalue weighted by Gasteiger charge is 2.26. The summed E-state index contributed by atoms with van der Waals surface area (Å²) in [4.78, 5) is 0. The lowest BCUT2D eigenvalue weighted by atomic mass is 9.83. The van der Waals surface area contributed by atoms with Gasteiger partial charge in [0, 0.05) is 12.1 Å². The molecule has 1 aromatic rings. The van der Waals surface area contributed by atoms with E-state index < -0.39 is 0 Å². The van der Waals surface area contributed by atoms with Crippen LogP contribution < -0.4 is 5.73 Å². The molecule has 0 spiro atoms. The van der Waals surface area contributed by atoms with Gasteiger partial charge in [-0.05, 0) is 43.2 Å². The van der Waals surface area contributed by atoms with Gasteiger partial charge in [0.2, 0.25) is 0 Å². The zero-order valence-electron chi connectivity index (χ0n) is 9.78. The van der Waals surface area contributed by atoms with Gasteiger partial charge in [0.1, 0.15) is 0 Å². The van der Waals surface area contributed by atoms with Crippen molar-refractivity contribution in [3.05, 3.63) is 35.4 Å². The molecule has 0 saturated heterocycles. The van der Waals surface area contributed by atoms with Crippen molar-refractivity contribution < 1.29 is 5.11 Å². The highest BCUT2D eigenvalue weighted by molar-refractivity contribution is 5.29. The first-order chi connectivity index (χ1) is 7.74. The van der Waals surface area contributed by atoms with Gasteiger partial charge in [-0.15, -0.1) is 0 Å². The zero-order chi connectivity index (χ0) is 11.4. The summed E-state index contributed by atoms with van der Waals surface area (Å²) in [6.07, 6.45) is 6.26. The Balaban J connectivity index is 2.24. The maximum absolute atomic E-state index is 8.96. The Labute approximate surface area is 97.5 Å². The van der Waals surface area contributed by atoms with E-state index in [0.717, 1.165) is 25.7 Å². The van der Waals surface area contributed by atoms with Crippen molar-refractivity contribution in [2.24, 2.45) is 5.73 Å². The van der Waals surface area contributed by atoms with Gasteiger partial charge in [-0.25, -0.2) is 0 Å². The summed E-state index contributed by atoms with van der Waals surface area (Å²) in [6.45, 7) is 0.233. The lowest BCUT2D eigenvalue weighted by Crippen LogP contribution is -2.36. The fourth-order valence-corrected chi connectivity index (χ4v) is 2.58. The first-order valence-corrected chi connectivity index (χ1v) is 6.24. The average molecular weight is 219 g/mol. The molecule has 1 atom stereocenters. The second-order valence-corrected chi connectivity index (χ2v) is 4.89. The third-order valence-corrected chi connectivity index (χ3v) is 3.65. The smallest absolute Gasteiger partial charge is 0.0431 e. The lowest BCUT2D eigenvalue weighted by Gasteiger charge is -2.29. The maximum Gasteiger partial charge on any atom is 0.0431 e. The second kappa shape index (κ2) is 4.98. The van der Waals surface area contributed by atoms with Crippen LogP contribution in [0.2, 0.25) is 0 Å². The summed E-state index contributed by atoms with van der Waals surface area (Å²) < 4.78 is 0. The van der Waals surface area contributed by atoms with Gasteiger partial charge in [-0.2, -0.15) is 0 Å². The van der Waals surface area contributed by atoms with Gasteiger partial charge in [0.15, 0.2) is 0 Å². The summed E-state index contributed by atoms with van der Waals surface area (Å²) in [5.41, 5.74) is 8.91. The first kappa shape index (κ1) is 11.6. The maximum atomic E-state index is 8.96. The molecular weight excluding hydrogens is 198 g/mol. The van der Waals surface area contributed by atoms with Gasteiger partial charge < -0.3 is 10.8 Å². The molecule has 3 rings (SSSR count). The topological polar surface area (TPSA) is 46.2 Å². The monoisotopic (exact) mass is 219 g/mol. The molecule has 2 bridgehead atoms. The predicted octanol–water partition coefficient (Wildman–Crippen LogP) is 2.34. The Kier molecular flexibility index (Phi) is 3.62. The Morgan fingerprint density at radius 1 is 1.19 bits per heavy atom. The third kappa shape index (κ3) is 2.45. The molecule has 0 fully saturated rings. The number of benzene rings is 1. The summed E-state index contributed by atoms with van der Waals surface area (Å²) in [7, 11) is 0. The molecule has 2 nitrogen and oxygen atoms in total. The molecule has 1 aromatic carbocycles. The molecule has 2 aliphatic carbocycles. The van der Waals surface area contributed by atoms with Crippen molar-refractivity contribution in [3.63, 3.8) is 0 Å². The number of fused-ring (bicyclic) bond motifs is 6. The van der Waals surface area contributed by atoms with E-state index in [1.807, 2.05) is 0 Å². The van der Waals surface area contributed by atoms with E-state index >= 15 is 0 Å². The molecule has 0 saturated carbocycles. The van der Waals surface area contributed by atoms with Crippen molar-refractivity contribution >= 4 is 0 Å². The fraction of sp³-hybridized carbons (Fsp3) is 0.571. The van der Waals surface area contributed by atoms with Crippen LogP contribution in [0.1, 0.15) is 43.2 Å². The lowest BCUT2D eigenvalue weighted by molar-refractivity contribution is 0.253. The molecule has 0 aliphatic heterocycles. The molecule has 0 aromatic heterocycles. The molecule has 0 radical (unpaired) electrons. The van der Waals surface area contributed by atoms with Crippen LogP contribution in [0.4, 0.5) is 0 Å². The number of aliphatic hydroxyl groups excluding tert-OH is 1. The number of hydrogen-bond acceptors (Lipinski definition) is 2. The average Bonchev–Trinajstić information content (AvgIpc) is 2.44. The van der Waals surface area contributed by atoms with Crippen molar-refractivity contribution in [1.82, 2.24) is 0 Å². The van der Waals surface area contributed by atoms with E-state index in [1.165, 1.54) is 24.0 Å². The van der Waals surface area contributed by atoms with E-state index in [9.17, 15) is 0 Å². The molecule has 0 amide bonds. The van der Waals surface area contributed by atoms with Gasteiger partial charge in [0.05, 0.1) is 0 Å². The number of aryl methyl sites for hydroxylation is 1. The summed E-state index contributed by atoms with van der Waals surface area (Å²) in [6, 6.07) is 8.72. The van der Waals surface area contributed by atoms with Crippen LogP contribution in [0, 0.1) is 0 Å². The van der Waals surface area contributed by atoms with Crippen molar-refractivity contribution in [2.75, 3.05) is 6.61 Å². The van der Waals surface area contributed by atoms with Crippen LogP contribution >= 0.6 is 0 Å². The molecular formula is C14H21NO. The van der Waals surface area contributed by atoms with E-state index in [1.54, 1.807) is 0 Å². The van der Waals surface area contributed by atoms with Gasteiger partial charge >= 0.3 is 0 Å². The highest BCUT2D eigenvalue weighted by atomic mass is 16.2. The van der Waals surface area contributed by atoms with E-state index in [-0.39, 0.29) is 12.1 Å². The minimum atomic E-state index is -0.231. The molecule has 0 heterocycles. The second-order valence-electron chi connectivity index (χ2n) is 4.89. The molecule has 1 unspecified atom stereocenters. The van der Waals surface area contributed by atoms with Crippen molar-refractivity contribution in [1.29, 1.82) is 0 Å². The fourth-order valence-electron chi connectivity index (χ4n) is 2.58. The van der Waals surface area contributed by atoms with E-state index in [0.29, 0.717) is 0 Å². The Bertz CT molecular complexity index is 329. The highest BCUT2D eigenvalue weighted by Crippen LogP contribution is 2.31. The summed E-state index contributed by atoms with van der Waals surface area (Å²) in [5, 5.41) is 8.96. The van der Waals surface area contributed by atoms with Crippen LogP contribution in [-0.2, 0) is 12.0 Å². The molecule has 3 N–H and O–H groups in total. The van der Waals surface area contributed by atoms with E-state index in [4.69, 9.17) is 10.8 Å². The normalized spacial score (nSPS) is 24.9. The SMILES string of the molecule is NC1(CCCO)CCCCc2ccc1cc2. The predicted molar refractivity (Wildman–Crippen MR) is 66.2 cm³/mol. The van der Waals surface area contributed by atoms with Crippen LogP contribution in [0.15, 0.2) is 24.3 Å². The Morgan fingerprint density at radius 2 is 1.94 bits per heavy atom. The van der Waals surface area contributed by atoms with Gasteiger partial charge in [-0.1, -0.05) is 30.7 Å². The van der Waals surface area contributed by atoms with Crippen molar-refractivity contribution in [2.45, 2.75) is 44.1 Å². The molecule has 2 aliphatic rings. The molecule has 88 valence electrons. The third-order valence-electron chi connectivity index (χ3n) is 3.65. The summed E-state index contributed by atoms with van der Waals surface area (Å²) in [5.74, 6) is 0. The number of hydrogen-bond donors (Lipinski definition) is 2. The standard InChI is InChI=1S/C14H21NO/c15-14(10-3-11-16)9-2-1-4-12-5-7-13(14)8-6-12/h5-8,16H,1-4,9-11,15H2. The van der Waals surface area contributed by atoms with Crippen molar-refractivity contribution in [3.8, 4) is 0 Å². The Morgan fingerprint density at radius 3 is 2.62 bits per heavy atom. The van der Waals surface area contributed by atoms with Gasteiger partial charge in [-0.3, -0.25) is 0 Å². The minimum absolute atomic E-state index is 0.231. The van der Waals surface area contributed by atoms with Gasteiger partial charge in [0.25, 0.3) is 0 Å². The summed E-state index contributed by atoms with van der Waals surface area (Å²) >= 11 is 0. The quantitative estimate of drug-likeness (QED) is 0.819. The molecule has 2 heteroatoms. The number of nitrogens with two attached hydrogens (primary N) is 1. The Hall–Kier alpha value is -0.860. The van der Waals surface area contributed by atoms with Crippen LogP contribution in [0.3, 0.4) is 0 Å². The number of aliphatic hydroxyl groups is 1. The van der Waals surface area contributed by atoms with Crippen LogP contribution in [0.5, 0.6) is 0 Å². The zero-order valence-corrected chi connectivity index (χ0v) is 9.78.